The fourth-order valence-corrected chi connectivity index (χ4v) is 5.24. The van der Waals surface area contributed by atoms with Crippen molar-refractivity contribution in [1.82, 2.24) is 9.62 Å². The Morgan fingerprint density at radius 2 is 1.50 bits per heavy atom. The van der Waals surface area contributed by atoms with E-state index in [2.05, 4.69) is 11.3 Å². The van der Waals surface area contributed by atoms with Gasteiger partial charge in [-0.1, -0.05) is 90.4 Å². The first kappa shape index (κ1) is 25.8. The number of halogens is 2. The molecule has 0 bridgehead atoms. The molecular weight excluding hydrogens is 493 g/mol. The van der Waals surface area contributed by atoms with Gasteiger partial charge in [-0.2, -0.15) is 4.72 Å². The van der Waals surface area contributed by atoms with E-state index < -0.39 is 22.0 Å². The Balaban J connectivity index is 1.92. The van der Waals surface area contributed by atoms with Crippen molar-refractivity contribution in [2.75, 3.05) is 12.8 Å². The van der Waals surface area contributed by atoms with E-state index in [0.29, 0.717) is 18.5 Å². The highest BCUT2D eigenvalue weighted by atomic mass is 35.5. The monoisotopic (exact) mass is 517 g/mol. The third-order valence-corrected chi connectivity index (χ3v) is 7.23. The Morgan fingerprint density at radius 1 is 1.00 bits per heavy atom. The van der Waals surface area contributed by atoms with Gasteiger partial charge in [-0.3, -0.25) is 4.79 Å². The maximum Gasteiger partial charge on any atom is 0.245 e. The summed E-state index contributed by atoms with van der Waals surface area (Å²) in [5.74, 6) is -0.444. The normalized spacial score (nSPS) is 12.2. The number of sulfonamides is 1. The lowest BCUT2D eigenvalue weighted by Crippen LogP contribution is -2.48. The summed E-state index contributed by atoms with van der Waals surface area (Å²) in [5, 5.41) is 0.000110. The molecule has 0 radical (unpaired) electrons. The second kappa shape index (κ2) is 11.1. The molecule has 34 heavy (non-hydrogen) atoms. The van der Waals surface area contributed by atoms with E-state index in [4.69, 9.17) is 28.9 Å². The first-order valence-corrected chi connectivity index (χ1v) is 12.6. The SMILES string of the molecule is C=C(Cc1ccccc1)C(NS(=O)(=O)c1cc(Cl)c(N)c(Cl)c1)C(=O)N(C)Cc1ccccc1. The van der Waals surface area contributed by atoms with Crippen LogP contribution in [0.3, 0.4) is 0 Å². The Bertz CT molecular complexity index is 1260. The van der Waals surface area contributed by atoms with Gasteiger partial charge in [0.1, 0.15) is 6.04 Å². The van der Waals surface area contributed by atoms with Gasteiger partial charge in [-0.05, 0) is 35.3 Å². The Kier molecular flexibility index (Phi) is 8.38. The number of rotatable bonds is 9. The van der Waals surface area contributed by atoms with Crippen LogP contribution in [0.5, 0.6) is 0 Å². The van der Waals surface area contributed by atoms with Gasteiger partial charge < -0.3 is 10.6 Å². The number of nitrogen functional groups attached to an aromatic ring is 1. The summed E-state index contributed by atoms with van der Waals surface area (Å²) in [6.45, 7) is 4.34. The number of likely N-dealkylation sites (N-methyl/N-ethyl adjacent to an activating group) is 1. The average molecular weight is 518 g/mol. The number of carbonyl (C=O) groups excluding carboxylic acids is 1. The lowest BCUT2D eigenvalue weighted by Gasteiger charge is -2.26. The molecule has 3 aromatic rings. The number of nitrogens with zero attached hydrogens (tertiary/aromatic N) is 1. The van der Waals surface area contributed by atoms with Gasteiger partial charge in [0.05, 0.1) is 20.6 Å². The van der Waals surface area contributed by atoms with Gasteiger partial charge in [0.2, 0.25) is 15.9 Å². The molecule has 1 atom stereocenters. The molecule has 0 aliphatic heterocycles. The average Bonchev–Trinajstić information content (AvgIpc) is 2.81. The molecule has 3 aromatic carbocycles. The summed E-state index contributed by atoms with van der Waals surface area (Å²) in [6.07, 6.45) is 0.308. The molecule has 0 spiro atoms. The summed E-state index contributed by atoms with van der Waals surface area (Å²) in [6, 6.07) is 19.9. The van der Waals surface area contributed by atoms with E-state index in [1.807, 2.05) is 60.7 Å². The van der Waals surface area contributed by atoms with Crippen LogP contribution in [0.1, 0.15) is 11.1 Å². The van der Waals surface area contributed by atoms with Crippen molar-refractivity contribution in [3.63, 3.8) is 0 Å². The highest BCUT2D eigenvalue weighted by molar-refractivity contribution is 7.89. The van der Waals surface area contributed by atoms with Crippen molar-refractivity contribution >= 4 is 44.8 Å². The standard InChI is InChI=1S/C25H25Cl2N3O3S/c1-17(13-18-9-5-3-6-10-18)24(25(31)30(2)16-19-11-7-4-8-12-19)29-34(32,33)20-14-21(26)23(28)22(27)15-20/h3-12,14-15,24,29H,1,13,16,28H2,2H3. The van der Waals surface area contributed by atoms with Crippen LogP contribution in [-0.4, -0.2) is 32.3 Å². The number of amides is 1. The fourth-order valence-electron chi connectivity index (χ4n) is 3.36. The second-order valence-corrected chi connectivity index (χ2v) is 10.4. The van der Waals surface area contributed by atoms with Gasteiger partial charge in [0.15, 0.2) is 0 Å². The molecule has 9 heteroatoms. The van der Waals surface area contributed by atoms with Crippen LogP contribution in [-0.2, 0) is 27.8 Å². The van der Waals surface area contributed by atoms with Crippen molar-refractivity contribution in [3.05, 3.63) is 106 Å². The van der Waals surface area contributed by atoms with E-state index in [0.717, 1.165) is 11.1 Å². The minimum atomic E-state index is -4.19. The van der Waals surface area contributed by atoms with Crippen LogP contribution >= 0.6 is 23.2 Å². The van der Waals surface area contributed by atoms with E-state index in [9.17, 15) is 13.2 Å². The minimum Gasteiger partial charge on any atom is -0.396 e. The molecule has 3 rings (SSSR count). The molecule has 0 aliphatic carbocycles. The van der Waals surface area contributed by atoms with Gasteiger partial charge in [0, 0.05) is 13.6 Å². The molecule has 3 N–H and O–H groups in total. The van der Waals surface area contributed by atoms with Crippen molar-refractivity contribution in [2.45, 2.75) is 23.9 Å². The number of nitrogens with two attached hydrogens (primary N) is 1. The maximum atomic E-state index is 13.4. The zero-order chi connectivity index (χ0) is 24.9. The van der Waals surface area contributed by atoms with E-state index in [1.165, 1.54) is 17.0 Å². The molecule has 0 saturated carbocycles. The Morgan fingerprint density at radius 3 is 2.03 bits per heavy atom. The zero-order valence-corrected chi connectivity index (χ0v) is 20.9. The summed E-state index contributed by atoms with van der Waals surface area (Å²) < 4.78 is 28.9. The predicted molar refractivity (Wildman–Crippen MR) is 137 cm³/mol. The molecule has 0 saturated heterocycles. The van der Waals surface area contributed by atoms with E-state index >= 15 is 0 Å². The van der Waals surface area contributed by atoms with Gasteiger partial charge in [-0.25, -0.2) is 8.42 Å². The van der Waals surface area contributed by atoms with Crippen LogP contribution in [0.2, 0.25) is 10.0 Å². The van der Waals surface area contributed by atoms with Crippen LogP contribution in [0.4, 0.5) is 5.69 Å². The van der Waals surface area contributed by atoms with Gasteiger partial charge in [0.25, 0.3) is 0 Å². The van der Waals surface area contributed by atoms with Crippen LogP contribution < -0.4 is 10.5 Å². The van der Waals surface area contributed by atoms with Crippen molar-refractivity contribution in [3.8, 4) is 0 Å². The molecule has 0 aromatic heterocycles. The van der Waals surface area contributed by atoms with E-state index in [-0.39, 0.29) is 20.6 Å². The highest BCUT2D eigenvalue weighted by Gasteiger charge is 2.31. The molecule has 0 fully saturated rings. The lowest BCUT2D eigenvalue weighted by molar-refractivity contribution is -0.131. The Labute approximate surface area is 210 Å². The van der Waals surface area contributed by atoms with Gasteiger partial charge in [-0.15, -0.1) is 0 Å². The number of hydrogen-bond acceptors (Lipinski definition) is 4. The highest BCUT2D eigenvalue weighted by Crippen LogP contribution is 2.31. The van der Waals surface area contributed by atoms with Crippen molar-refractivity contribution < 1.29 is 13.2 Å². The van der Waals surface area contributed by atoms with Crippen LogP contribution in [0.15, 0.2) is 89.8 Å². The summed E-state index contributed by atoms with van der Waals surface area (Å²) in [7, 11) is -2.58. The smallest absolute Gasteiger partial charge is 0.245 e. The first-order valence-electron chi connectivity index (χ1n) is 10.4. The maximum absolute atomic E-state index is 13.4. The number of carbonyl (C=O) groups is 1. The molecule has 6 nitrogen and oxygen atoms in total. The number of anilines is 1. The minimum absolute atomic E-state index is 0.0000549. The molecule has 0 aliphatic rings. The molecular formula is C25H25Cl2N3O3S. The molecule has 0 heterocycles. The third-order valence-electron chi connectivity index (χ3n) is 5.20. The largest absolute Gasteiger partial charge is 0.396 e. The number of benzene rings is 3. The topological polar surface area (TPSA) is 92.5 Å². The number of hydrogen-bond donors (Lipinski definition) is 2. The van der Waals surface area contributed by atoms with Crippen molar-refractivity contribution in [1.29, 1.82) is 0 Å². The van der Waals surface area contributed by atoms with E-state index in [1.54, 1.807) is 7.05 Å². The summed E-state index contributed by atoms with van der Waals surface area (Å²) in [5.41, 5.74) is 8.01. The second-order valence-electron chi connectivity index (χ2n) is 7.86. The Hall–Kier alpha value is -2.84. The van der Waals surface area contributed by atoms with Crippen molar-refractivity contribution in [2.24, 2.45) is 0 Å². The number of nitrogens with one attached hydrogen (secondary N) is 1. The lowest BCUT2D eigenvalue weighted by atomic mass is 10.00. The molecule has 1 unspecified atom stereocenters. The van der Waals surface area contributed by atoms with Crippen LogP contribution in [0, 0.1) is 0 Å². The first-order chi connectivity index (χ1) is 16.1. The van der Waals surface area contributed by atoms with Crippen LogP contribution in [0.25, 0.3) is 0 Å². The zero-order valence-electron chi connectivity index (χ0n) is 18.5. The predicted octanol–water partition coefficient (Wildman–Crippen LogP) is 4.68. The molecule has 178 valence electrons. The fraction of sp³-hybridized carbons (Fsp3) is 0.160. The summed E-state index contributed by atoms with van der Waals surface area (Å²) >= 11 is 12.1. The quantitative estimate of drug-likeness (QED) is 0.318. The molecule has 1 amide bonds. The van der Waals surface area contributed by atoms with Gasteiger partial charge >= 0.3 is 0 Å². The summed E-state index contributed by atoms with van der Waals surface area (Å²) in [4.78, 5) is 14.7. The third kappa shape index (κ3) is 6.39.